The molecule has 3 heteroatoms. The van der Waals surface area contributed by atoms with E-state index in [2.05, 4.69) is 10.2 Å². The van der Waals surface area contributed by atoms with Gasteiger partial charge in [-0.15, -0.1) is 10.2 Å². The lowest BCUT2D eigenvalue weighted by atomic mass is 10.1. The molecule has 1 aliphatic rings. The summed E-state index contributed by atoms with van der Waals surface area (Å²) >= 11 is 0. The Balaban J connectivity index is 2.74. The van der Waals surface area contributed by atoms with Gasteiger partial charge in [0, 0.05) is 0 Å². The molecule has 0 unspecified atom stereocenters. The fourth-order valence-corrected chi connectivity index (χ4v) is 1.11. The average molecular weight is 146 g/mol. The first-order valence-electron chi connectivity index (χ1n) is 3.35. The number of carbonyl (C=O) groups excluding carboxylic acids is 1. The Labute approximate surface area is 63.8 Å². The molecule has 0 saturated carbocycles. The molecule has 0 N–H and O–H groups in total. The molecule has 1 aliphatic heterocycles. The van der Waals surface area contributed by atoms with Crippen LogP contribution in [0.3, 0.4) is 0 Å². The van der Waals surface area contributed by atoms with Gasteiger partial charge in [0.05, 0.1) is 5.56 Å². The Morgan fingerprint density at radius 3 is 2.82 bits per heavy atom. The van der Waals surface area contributed by atoms with Gasteiger partial charge in [-0.3, -0.25) is 4.79 Å². The summed E-state index contributed by atoms with van der Waals surface area (Å²) in [5, 5.41) is 7.21. The summed E-state index contributed by atoms with van der Waals surface area (Å²) in [5.41, 5.74) is 2.33. The van der Waals surface area contributed by atoms with Crippen molar-refractivity contribution in [2.75, 3.05) is 0 Å². The predicted molar refractivity (Wildman–Crippen MR) is 40.0 cm³/mol. The second kappa shape index (κ2) is 1.99. The molecule has 2 rings (SSSR count). The number of azo groups is 1. The Morgan fingerprint density at radius 1 is 1.27 bits per heavy atom. The Bertz CT molecular complexity index is 355. The molecule has 54 valence electrons. The minimum atomic E-state index is -0.233. The van der Waals surface area contributed by atoms with Crippen LogP contribution in [0.5, 0.6) is 0 Å². The van der Waals surface area contributed by atoms with Crippen LogP contribution < -0.4 is 0 Å². The highest BCUT2D eigenvalue weighted by atomic mass is 16.2. The summed E-state index contributed by atoms with van der Waals surface area (Å²) < 4.78 is 0. The topological polar surface area (TPSA) is 41.8 Å². The zero-order valence-electron chi connectivity index (χ0n) is 6.03. The number of carbonyl (C=O) groups is 1. The first-order valence-corrected chi connectivity index (χ1v) is 3.35. The lowest BCUT2D eigenvalue weighted by Gasteiger charge is -1.95. The normalized spacial score (nSPS) is 13.7. The molecule has 0 aromatic heterocycles. The van der Waals surface area contributed by atoms with Crippen molar-refractivity contribution in [2.45, 2.75) is 6.92 Å². The van der Waals surface area contributed by atoms with E-state index in [4.69, 9.17) is 0 Å². The second-order valence-electron chi connectivity index (χ2n) is 2.48. The molecule has 1 amide bonds. The molecule has 0 spiro atoms. The summed E-state index contributed by atoms with van der Waals surface area (Å²) in [6.07, 6.45) is 0. The molecule has 0 bridgehead atoms. The van der Waals surface area contributed by atoms with E-state index in [1.807, 2.05) is 19.1 Å². The molecular weight excluding hydrogens is 140 g/mol. The van der Waals surface area contributed by atoms with Gasteiger partial charge < -0.3 is 0 Å². The third-order valence-corrected chi connectivity index (χ3v) is 1.71. The molecule has 0 aliphatic carbocycles. The van der Waals surface area contributed by atoms with Crippen molar-refractivity contribution in [1.82, 2.24) is 0 Å². The third kappa shape index (κ3) is 0.774. The third-order valence-electron chi connectivity index (χ3n) is 1.71. The number of aryl methyl sites for hydroxylation is 1. The maximum Gasteiger partial charge on any atom is 0.297 e. The van der Waals surface area contributed by atoms with Gasteiger partial charge in [0.1, 0.15) is 5.69 Å². The van der Waals surface area contributed by atoms with Crippen molar-refractivity contribution >= 4 is 11.6 Å². The molecule has 11 heavy (non-hydrogen) atoms. The standard InChI is InChI=1S/C8H6N2O/c1-5-3-2-4-6-7(5)9-10-8(6)11/h2-4H,1H3. The van der Waals surface area contributed by atoms with Crippen LogP contribution in [0.4, 0.5) is 5.69 Å². The zero-order chi connectivity index (χ0) is 7.84. The molecule has 1 heterocycles. The largest absolute Gasteiger partial charge is 0.297 e. The Morgan fingerprint density at radius 2 is 2.09 bits per heavy atom. The Kier molecular flexibility index (Phi) is 1.12. The number of nitrogens with zero attached hydrogens (tertiary/aromatic N) is 2. The minimum Gasteiger partial charge on any atom is -0.265 e. The van der Waals surface area contributed by atoms with Crippen molar-refractivity contribution in [3.63, 3.8) is 0 Å². The maximum absolute atomic E-state index is 11.0. The molecule has 3 nitrogen and oxygen atoms in total. The number of rotatable bonds is 0. The van der Waals surface area contributed by atoms with Crippen LogP contribution in [0.25, 0.3) is 0 Å². The highest BCUT2D eigenvalue weighted by molar-refractivity contribution is 6.02. The van der Waals surface area contributed by atoms with E-state index in [-0.39, 0.29) is 5.91 Å². The molecule has 0 radical (unpaired) electrons. The fraction of sp³-hybridized carbons (Fsp3) is 0.125. The van der Waals surface area contributed by atoms with E-state index in [1.165, 1.54) is 0 Å². The van der Waals surface area contributed by atoms with E-state index in [0.29, 0.717) is 5.56 Å². The van der Waals surface area contributed by atoms with E-state index < -0.39 is 0 Å². The fourth-order valence-electron chi connectivity index (χ4n) is 1.11. The van der Waals surface area contributed by atoms with Crippen LogP contribution in [-0.2, 0) is 0 Å². The van der Waals surface area contributed by atoms with Gasteiger partial charge in [0.25, 0.3) is 5.91 Å². The van der Waals surface area contributed by atoms with Crippen molar-refractivity contribution < 1.29 is 4.79 Å². The smallest absolute Gasteiger partial charge is 0.265 e. The van der Waals surface area contributed by atoms with Gasteiger partial charge in [-0.1, -0.05) is 12.1 Å². The van der Waals surface area contributed by atoms with Gasteiger partial charge >= 0.3 is 0 Å². The van der Waals surface area contributed by atoms with Crippen molar-refractivity contribution in [3.05, 3.63) is 29.3 Å². The van der Waals surface area contributed by atoms with Crippen LogP contribution in [0.1, 0.15) is 15.9 Å². The van der Waals surface area contributed by atoms with Gasteiger partial charge in [0.15, 0.2) is 0 Å². The lowest BCUT2D eigenvalue weighted by molar-refractivity contribution is 0.100. The quantitative estimate of drug-likeness (QED) is 0.553. The first kappa shape index (κ1) is 6.22. The lowest BCUT2D eigenvalue weighted by Crippen LogP contribution is -1.88. The van der Waals surface area contributed by atoms with E-state index >= 15 is 0 Å². The van der Waals surface area contributed by atoms with Crippen LogP contribution >= 0.6 is 0 Å². The van der Waals surface area contributed by atoms with Crippen LogP contribution in [0, 0.1) is 6.92 Å². The molecule has 1 aromatic rings. The molecule has 0 fully saturated rings. The summed E-state index contributed by atoms with van der Waals surface area (Å²) in [5.74, 6) is -0.233. The summed E-state index contributed by atoms with van der Waals surface area (Å²) in [6.45, 7) is 1.91. The van der Waals surface area contributed by atoms with Crippen LogP contribution in [0.15, 0.2) is 28.4 Å². The van der Waals surface area contributed by atoms with Crippen molar-refractivity contribution in [3.8, 4) is 0 Å². The summed E-state index contributed by atoms with van der Waals surface area (Å²) in [7, 11) is 0. The highest BCUT2D eigenvalue weighted by Crippen LogP contribution is 2.29. The Hall–Kier alpha value is -1.51. The molecule has 1 aromatic carbocycles. The summed E-state index contributed by atoms with van der Waals surface area (Å²) in [4.78, 5) is 11.0. The monoisotopic (exact) mass is 146 g/mol. The second-order valence-corrected chi connectivity index (χ2v) is 2.48. The zero-order valence-corrected chi connectivity index (χ0v) is 6.03. The van der Waals surface area contributed by atoms with Crippen molar-refractivity contribution in [1.29, 1.82) is 0 Å². The maximum atomic E-state index is 11.0. The van der Waals surface area contributed by atoms with E-state index in [1.54, 1.807) is 6.07 Å². The van der Waals surface area contributed by atoms with Gasteiger partial charge in [-0.2, -0.15) is 0 Å². The number of amides is 1. The number of hydrogen-bond acceptors (Lipinski definition) is 2. The minimum absolute atomic E-state index is 0.233. The van der Waals surface area contributed by atoms with Crippen LogP contribution in [-0.4, -0.2) is 5.91 Å². The van der Waals surface area contributed by atoms with E-state index in [9.17, 15) is 4.79 Å². The van der Waals surface area contributed by atoms with Crippen molar-refractivity contribution in [2.24, 2.45) is 10.2 Å². The first-order chi connectivity index (χ1) is 5.29. The van der Waals surface area contributed by atoms with Gasteiger partial charge in [0.2, 0.25) is 0 Å². The van der Waals surface area contributed by atoms with Crippen LogP contribution in [0.2, 0.25) is 0 Å². The summed E-state index contributed by atoms with van der Waals surface area (Å²) in [6, 6.07) is 5.49. The number of fused-ring (bicyclic) bond motifs is 1. The van der Waals surface area contributed by atoms with Gasteiger partial charge in [-0.05, 0) is 18.6 Å². The predicted octanol–water partition coefficient (Wildman–Crippen LogP) is 2.23. The average Bonchev–Trinajstić information content (AvgIpc) is 2.35. The molecule has 0 saturated heterocycles. The highest BCUT2D eigenvalue weighted by Gasteiger charge is 2.17. The van der Waals surface area contributed by atoms with Gasteiger partial charge in [-0.25, -0.2) is 0 Å². The number of benzene rings is 1. The molecular formula is C8H6N2O. The SMILES string of the molecule is Cc1cccc2c1N=NC2=O. The number of hydrogen-bond donors (Lipinski definition) is 0. The molecule has 0 atom stereocenters. The van der Waals surface area contributed by atoms with E-state index in [0.717, 1.165) is 11.3 Å².